The van der Waals surface area contributed by atoms with Gasteiger partial charge in [0.1, 0.15) is 5.82 Å². The number of hydrogen-bond acceptors (Lipinski definition) is 3. The molecule has 2 N–H and O–H groups in total. The van der Waals surface area contributed by atoms with E-state index in [1.807, 2.05) is 25.1 Å². The molecule has 1 fully saturated rings. The lowest BCUT2D eigenvalue weighted by molar-refractivity contribution is 0.254. The molecule has 21 heavy (non-hydrogen) atoms. The quantitative estimate of drug-likeness (QED) is 0.891. The molecule has 2 aromatic rings. The molecule has 3 rings (SSSR count). The second-order valence-corrected chi connectivity index (χ2v) is 6.30. The van der Waals surface area contributed by atoms with E-state index in [0.717, 1.165) is 40.1 Å². The summed E-state index contributed by atoms with van der Waals surface area (Å²) in [5.41, 5.74) is 1.99. The van der Waals surface area contributed by atoms with E-state index >= 15 is 0 Å². The third-order valence-electron chi connectivity index (χ3n) is 4.54. The lowest BCUT2D eigenvalue weighted by Gasteiger charge is -2.21. The number of nitrogens with zero attached hydrogens (tertiary/aromatic N) is 1. The molecule has 2 unspecified atom stereocenters. The number of halogens is 1. The maximum Gasteiger partial charge on any atom is 0.126 e. The summed E-state index contributed by atoms with van der Waals surface area (Å²) in [5.74, 6) is 1.45. The number of benzene rings is 1. The fourth-order valence-electron chi connectivity index (χ4n) is 3.31. The van der Waals surface area contributed by atoms with Crippen molar-refractivity contribution < 1.29 is 5.11 Å². The molecule has 1 aromatic heterocycles. The smallest absolute Gasteiger partial charge is 0.126 e. The minimum Gasteiger partial charge on any atom is -0.396 e. The Bertz CT molecular complexity index is 644. The lowest BCUT2D eigenvalue weighted by Crippen LogP contribution is -2.25. The Balaban J connectivity index is 1.86. The van der Waals surface area contributed by atoms with Gasteiger partial charge in [-0.25, -0.2) is 4.98 Å². The average Bonchev–Trinajstić information content (AvgIpc) is 2.91. The zero-order chi connectivity index (χ0) is 14.8. The first-order valence-corrected chi connectivity index (χ1v) is 8.00. The van der Waals surface area contributed by atoms with Gasteiger partial charge in [0.05, 0.1) is 5.52 Å². The fourth-order valence-corrected chi connectivity index (χ4v) is 3.47. The van der Waals surface area contributed by atoms with Gasteiger partial charge >= 0.3 is 0 Å². The Morgan fingerprint density at radius 1 is 1.29 bits per heavy atom. The molecule has 0 spiro atoms. The molecule has 0 bridgehead atoms. The van der Waals surface area contributed by atoms with Crippen LogP contribution in [0.4, 0.5) is 5.82 Å². The molecule has 2 atom stereocenters. The summed E-state index contributed by atoms with van der Waals surface area (Å²) in [6.07, 6.45) is 4.44. The van der Waals surface area contributed by atoms with Gasteiger partial charge in [0.25, 0.3) is 0 Å². The Hall–Kier alpha value is -1.32. The molecule has 1 saturated carbocycles. The van der Waals surface area contributed by atoms with Crippen LogP contribution in [-0.4, -0.2) is 22.7 Å². The van der Waals surface area contributed by atoms with Crippen molar-refractivity contribution in [1.29, 1.82) is 0 Å². The van der Waals surface area contributed by atoms with Crippen LogP contribution in [0.15, 0.2) is 24.3 Å². The second-order valence-electron chi connectivity index (χ2n) is 5.89. The van der Waals surface area contributed by atoms with Crippen molar-refractivity contribution in [1.82, 2.24) is 4.98 Å². The van der Waals surface area contributed by atoms with Gasteiger partial charge in [-0.1, -0.05) is 24.1 Å². The van der Waals surface area contributed by atoms with Gasteiger partial charge in [-0.05, 0) is 55.9 Å². The first-order chi connectivity index (χ1) is 10.2. The molecular weight excluding hydrogens is 284 g/mol. The highest BCUT2D eigenvalue weighted by Crippen LogP contribution is 2.31. The summed E-state index contributed by atoms with van der Waals surface area (Å²) in [5, 5.41) is 14.6. The number of aliphatic hydroxyl groups excluding tert-OH is 1. The van der Waals surface area contributed by atoms with Gasteiger partial charge in [0.2, 0.25) is 0 Å². The van der Waals surface area contributed by atoms with Crippen LogP contribution in [0.5, 0.6) is 0 Å². The van der Waals surface area contributed by atoms with E-state index in [4.69, 9.17) is 21.7 Å². The van der Waals surface area contributed by atoms with Crippen LogP contribution in [0, 0.1) is 12.8 Å². The van der Waals surface area contributed by atoms with Gasteiger partial charge in [0.15, 0.2) is 0 Å². The molecule has 4 heteroatoms. The normalized spacial score (nSPS) is 21.9. The number of aryl methyl sites for hydroxylation is 1. The molecule has 1 aromatic carbocycles. The minimum absolute atomic E-state index is 0.267. The summed E-state index contributed by atoms with van der Waals surface area (Å²) >= 11 is 6.19. The van der Waals surface area contributed by atoms with Crippen molar-refractivity contribution >= 4 is 28.3 Å². The highest BCUT2D eigenvalue weighted by Gasteiger charge is 2.26. The number of pyridine rings is 1. The first-order valence-electron chi connectivity index (χ1n) is 7.62. The van der Waals surface area contributed by atoms with Crippen molar-refractivity contribution in [3.8, 4) is 0 Å². The molecule has 3 nitrogen and oxygen atoms in total. The number of nitrogens with one attached hydrogen (secondary N) is 1. The fraction of sp³-hybridized carbons (Fsp3) is 0.471. The number of hydrogen-bond donors (Lipinski definition) is 2. The standard InChI is InChI=1S/C17H21ClN2O/c1-11-14(18)7-5-13-6-8-16(20-17(11)13)19-15-4-2-3-12(15)9-10-21/h5-8,12,15,21H,2-4,9-10H2,1H3,(H,19,20). The van der Waals surface area contributed by atoms with E-state index in [0.29, 0.717) is 12.0 Å². The van der Waals surface area contributed by atoms with Crippen molar-refractivity contribution in [2.75, 3.05) is 11.9 Å². The van der Waals surface area contributed by atoms with Crippen LogP contribution in [0.2, 0.25) is 5.02 Å². The van der Waals surface area contributed by atoms with E-state index in [2.05, 4.69) is 11.4 Å². The molecule has 1 aliphatic carbocycles. The molecule has 0 amide bonds. The van der Waals surface area contributed by atoms with E-state index in [1.54, 1.807) is 0 Å². The van der Waals surface area contributed by atoms with Gasteiger partial charge in [-0.2, -0.15) is 0 Å². The highest BCUT2D eigenvalue weighted by atomic mass is 35.5. The van der Waals surface area contributed by atoms with E-state index < -0.39 is 0 Å². The van der Waals surface area contributed by atoms with Gasteiger partial charge in [-0.3, -0.25) is 0 Å². The maximum atomic E-state index is 9.16. The summed E-state index contributed by atoms with van der Waals surface area (Å²) in [7, 11) is 0. The van der Waals surface area contributed by atoms with Crippen LogP contribution in [-0.2, 0) is 0 Å². The van der Waals surface area contributed by atoms with Crippen LogP contribution >= 0.6 is 11.6 Å². The van der Waals surface area contributed by atoms with Gasteiger partial charge in [-0.15, -0.1) is 0 Å². The molecule has 112 valence electrons. The van der Waals surface area contributed by atoms with Crippen molar-refractivity contribution in [2.24, 2.45) is 5.92 Å². The van der Waals surface area contributed by atoms with Crippen LogP contribution in [0.1, 0.15) is 31.2 Å². The van der Waals surface area contributed by atoms with Crippen LogP contribution < -0.4 is 5.32 Å². The van der Waals surface area contributed by atoms with Crippen molar-refractivity contribution in [3.63, 3.8) is 0 Å². The third kappa shape index (κ3) is 2.99. The Morgan fingerprint density at radius 3 is 2.90 bits per heavy atom. The Morgan fingerprint density at radius 2 is 2.10 bits per heavy atom. The predicted molar refractivity (Wildman–Crippen MR) is 87.9 cm³/mol. The van der Waals surface area contributed by atoms with Crippen molar-refractivity contribution in [2.45, 2.75) is 38.6 Å². The molecular formula is C17H21ClN2O. The number of anilines is 1. The molecule has 1 aliphatic rings. The summed E-state index contributed by atoms with van der Waals surface area (Å²) in [4.78, 5) is 4.74. The summed E-state index contributed by atoms with van der Waals surface area (Å²) in [6, 6.07) is 8.46. The van der Waals surface area contributed by atoms with Gasteiger partial charge in [0, 0.05) is 23.1 Å². The van der Waals surface area contributed by atoms with Crippen LogP contribution in [0.3, 0.4) is 0 Å². The minimum atomic E-state index is 0.267. The van der Waals surface area contributed by atoms with Crippen molar-refractivity contribution in [3.05, 3.63) is 34.9 Å². The van der Waals surface area contributed by atoms with E-state index in [1.165, 1.54) is 12.8 Å². The SMILES string of the molecule is Cc1c(Cl)ccc2ccc(NC3CCCC3CCO)nc12. The predicted octanol–water partition coefficient (Wildman–Crippen LogP) is 4.16. The largest absolute Gasteiger partial charge is 0.396 e. The molecule has 0 radical (unpaired) electrons. The third-order valence-corrected chi connectivity index (χ3v) is 4.95. The van der Waals surface area contributed by atoms with E-state index in [9.17, 15) is 0 Å². The Labute approximate surface area is 130 Å². The summed E-state index contributed by atoms with van der Waals surface area (Å²) < 4.78 is 0. The number of aromatic nitrogens is 1. The number of rotatable bonds is 4. The van der Waals surface area contributed by atoms with E-state index in [-0.39, 0.29) is 6.61 Å². The van der Waals surface area contributed by atoms with Crippen LogP contribution in [0.25, 0.3) is 10.9 Å². The number of aliphatic hydroxyl groups is 1. The highest BCUT2D eigenvalue weighted by molar-refractivity contribution is 6.32. The Kier molecular flexibility index (Phi) is 4.32. The first kappa shape index (κ1) is 14.6. The molecule has 0 aliphatic heterocycles. The molecule has 1 heterocycles. The molecule has 0 saturated heterocycles. The lowest BCUT2D eigenvalue weighted by atomic mass is 10.00. The summed E-state index contributed by atoms with van der Waals surface area (Å²) in [6.45, 7) is 2.27. The zero-order valence-electron chi connectivity index (χ0n) is 12.3. The van der Waals surface area contributed by atoms with Gasteiger partial charge < -0.3 is 10.4 Å². The maximum absolute atomic E-state index is 9.16. The second kappa shape index (κ2) is 6.20. The average molecular weight is 305 g/mol. The topological polar surface area (TPSA) is 45.1 Å². The monoisotopic (exact) mass is 304 g/mol. The zero-order valence-corrected chi connectivity index (χ0v) is 13.0. The number of fused-ring (bicyclic) bond motifs is 1.